The quantitative estimate of drug-likeness (QED) is 0.369. The predicted octanol–water partition coefficient (Wildman–Crippen LogP) is 1.13. The van der Waals surface area contributed by atoms with Crippen LogP contribution in [-0.4, -0.2) is 57.1 Å². The average molecular weight is 402 g/mol. The molecule has 0 spiro atoms. The van der Waals surface area contributed by atoms with Crippen molar-refractivity contribution in [3.8, 4) is 0 Å². The number of benzene rings is 1. The van der Waals surface area contributed by atoms with Gasteiger partial charge in [0.15, 0.2) is 0 Å². The van der Waals surface area contributed by atoms with E-state index in [2.05, 4.69) is 5.32 Å². The number of hydrogen-bond acceptors (Lipinski definition) is 5. The molecule has 0 aliphatic rings. The summed E-state index contributed by atoms with van der Waals surface area (Å²) in [6.45, 7) is 0. The lowest BCUT2D eigenvalue weighted by atomic mass is 10.1. The number of rotatable bonds is 11. The van der Waals surface area contributed by atoms with Crippen molar-refractivity contribution in [2.24, 2.45) is 0 Å². The Hall–Kier alpha value is -2.82. The highest BCUT2D eigenvalue weighted by Gasteiger charge is 2.24. The summed E-state index contributed by atoms with van der Waals surface area (Å²) >= 11 is 1.15. The molecule has 0 saturated heterocycles. The van der Waals surface area contributed by atoms with E-state index in [1.165, 1.54) is 18.2 Å². The second kappa shape index (κ2) is 11.0. The van der Waals surface area contributed by atoms with Crippen LogP contribution < -0.4 is 10.6 Å². The normalized spacial score (nSPS) is 12.6. The van der Waals surface area contributed by atoms with Gasteiger partial charge in [0, 0.05) is 17.9 Å². The first kappa shape index (κ1) is 22.2. The van der Waals surface area contributed by atoms with Crippen LogP contribution in [0.25, 0.3) is 0 Å². The molecular weight excluding hydrogens is 383 g/mol. The maximum absolute atomic E-state index is 13.1. The molecule has 5 N–H and O–H groups in total. The van der Waals surface area contributed by atoms with E-state index >= 15 is 0 Å². The van der Waals surface area contributed by atoms with E-state index in [0.29, 0.717) is 11.3 Å². The van der Waals surface area contributed by atoms with Crippen molar-refractivity contribution in [2.75, 3.05) is 5.75 Å². The first-order valence-electron chi connectivity index (χ1n) is 7.75. The fraction of sp³-hybridized carbons (Fsp3) is 0.375. The van der Waals surface area contributed by atoms with E-state index in [9.17, 15) is 28.7 Å². The molecule has 0 aliphatic carbocycles. The SMILES string of the molecule is O=C(O)CC[C@H](NC(=O)N[C@@H](CSCc1cccc(F)c1)C(=O)O)C(=O)O. The van der Waals surface area contributed by atoms with E-state index in [0.717, 1.165) is 11.8 Å². The van der Waals surface area contributed by atoms with Crippen molar-refractivity contribution in [1.29, 1.82) is 0 Å². The monoisotopic (exact) mass is 402 g/mol. The van der Waals surface area contributed by atoms with Gasteiger partial charge >= 0.3 is 23.9 Å². The number of aliphatic carboxylic acids is 3. The molecule has 1 rings (SSSR count). The fourth-order valence-corrected chi connectivity index (χ4v) is 2.97. The number of halogens is 1. The maximum atomic E-state index is 13.1. The van der Waals surface area contributed by atoms with Gasteiger partial charge in [-0.3, -0.25) is 4.79 Å². The van der Waals surface area contributed by atoms with Crippen LogP contribution in [0.3, 0.4) is 0 Å². The van der Waals surface area contributed by atoms with Gasteiger partial charge in [0.05, 0.1) is 0 Å². The van der Waals surface area contributed by atoms with E-state index in [1.54, 1.807) is 6.07 Å². The van der Waals surface area contributed by atoms with Crippen LogP contribution in [0.2, 0.25) is 0 Å². The smallest absolute Gasteiger partial charge is 0.327 e. The predicted molar refractivity (Wildman–Crippen MR) is 93.9 cm³/mol. The number of carboxylic acids is 3. The summed E-state index contributed by atoms with van der Waals surface area (Å²) in [4.78, 5) is 44.6. The molecule has 0 fully saturated rings. The molecule has 0 heterocycles. The molecule has 148 valence electrons. The van der Waals surface area contributed by atoms with Gasteiger partial charge in [-0.1, -0.05) is 12.1 Å². The Morgan fingerprint density at radius 3 is 2.22 bits per heavy atom. The molecule has 0 aliphatic heterocycles. The number of thioether (sulfide) groups is 1. The van der Waals surface area contributed by atoms with Crippen LogP contribution in [0.15, 0.2) is 24.3 Å². The Bertz CT molecular complexity index is 701. The Kier molecular flexibility index (Phi) is 9.06. The Morgan fingerprint density at radius 1 is 1.04 bits per heavy atom. The number of carbonyl (C=O) groups is 4. The molecule has 2 amide bonds. The van der Waals surface area contributed by atoms with Crippen molar-refractivity contribution in [2.45, 2.75) is 30.7 Å². The molecule has 0 unspecified atom stereocenters. The average Bonchev–Trinajstić information content (AvgIpc) is 2.57. The highest BCUT2D eigenvalue weighted by molar-refractivity contribution is 7.98. The number of hydrogen-bond donors (Lipinski definition) is 5. The largest absolute Gasteiger partial charge is 0.481 e. The molecule has 9 nitrogen and oxygen atoms in total. The number of urea groups is 1. The van der Waals surface area contributed by atoms with Crippen molar-refractivity contribution in [3.05, 3.63) is 35.6 Å². The van der Waals surface area contributed by atoms with Gasteiger partial charge in [0.2, 0.25) is 0 Å². The second-order valence-electron chi connectivity index (χ2n) is 5.48. The van der Waals surface area contributed by atoms with Gasteiger partial charge in [0.25, 0.3) is 0 Å². The van der Waals surface area contributed by atoms with Crippen LogP contribution >= 0.6 is 11.8 Å². The zero-order chi connectivity index (χ0) is 20.4. The molecule has 0 radical (unpaired) electrons. The first-order valence-corrected chi connectivity index (χ1v) is 8.91. The summed E-state index contributed by atoms with van der Waals surface area (Å²) in [6, 6.07) is 1.98. The minimum Gasteiger partial charge on any atom is -0.481 e. The van der Waals surface area contributed by atoms with Crippen molar-refractivity contribution < 1.29 is 38.9 Å². The van der Waals surface area contributed by atoms with Crippen molar-refractivity contribution in [1.82, 2.24) is 10.6 Å². The maximum Gasteiger partial charge on any atom is 0.327 e. The molecule has 27 heavy (non-hydrogen) atoms. The minimum atomic E-state index is -1.46. The summed E-state index contributed by atoms with van der Waals surface area (Å²) in [7, 11) is 0. The van der Waals surface area contributed by atoms with Gasteiger partial charge in [-0.2, -0.15) is 11.8 Å². The van der Waals surface area contributed by atoms with Gasteiger partial charge in [-0.05, 0) is 24.1 Å². The molecule has 1 aromatic rings. The molecule has 0 bridgehead atoms. The third kappa shape index (κ3) is 8.90. The number of amides is 2. The molecule has 1 aromatic carbocycles. The molecular formula is C16H19FN2O7S. The summed E-state index contributed by atoms with van der Waals surface area (Å²) in [5, 5.41) is 30.9. The molecule has 11 heteroatoms. The van der Waals surface area contributed by atoms with Gasteiger partial charge in [-0.15, -0.1) is 0 Å². The van der Waals surface area contributed by atoms with Gasteiger partial charge in [-0.25, -0.2) is 18.8 Å². The lowest BCUT2D eigenvalue weighted by Gasteiger charge is -2.18. The van der Waals surface area contributed by atoms with E-state index < -0.39 is 48.3 Å². The Labute approximate surface area is 157 Å². The summed E-state index contributed by atoms with van der Waals surface area (Å²) in [6.07, 6.45) is -0.812. The number of nitrogens with one attached hydrogen (secondary N) is 2. The highest BCUT2D eigenvalue weighted by atomic mass is 32.2. The van der Waals surface area contributed by atoms with Gasteiger partial charge < -0.3 is 26.0 Å². The minimum absolute atomic E-state index is 0.0356. The summed E-state index contributed by atoms with van der Waals surface area (Å²) in [5.41, 5.74) is 0.646. The van der Waals surface area contributed by atoms with E-state index in [1.807, 2.05) is 5.32 Å². The zero-order valence-electron chi connectivity index (χ0n) is 14.1. The zero-order valence-corrected chi connectivity index (χ0v) is 14.9. The molecule has 2 atom stereocenters. The molecule has 0 aromatic heterocycles. The van der Waals surface area contributed by atoms with E-state index in [-0.39, 0.29) is 12.2 Å². The fourth-order valence-electron chi connectivity index (χ4n) is 1.98. The summed E-state index contributed by atoms with van der Waals surface area (Å²) in [5.74, 6) is -4.11. The van der Waals surface area contributed by atoms with Crippen LogP contribution in [0.1, 0.15) is 18.4 Å². The summed E-state index contributed by atoms with van der Waals surface area (Å²) < 4.78 is 13.1. The standard InChI is InChI=1S/C16H19FN2O7S/c17-10-3-1-2-9(6-10)7-27-8-12(15(24)25)19-16(26)18-11(14(22)23)4-5-13(20)21/h1-3,6,11-12H,4-5,7-8H2,(H,20,21)(H,22,23)(H,24,25)(H2,18,19,26)/t11-,12-/m0/s1. The second-order valence-corrected chi connectivity index (χ2v) is 6.51. The van der Waals surface area contributed by atoms with Crippen LogP contribution in [0.5, 0.6) is 0 Å². The Morgan fingerprint density at radius 2 is 1.67 bits per heavy atom. The number of carbonyl (C=O) groups excluding carboxylic acids is 1. The van der Waals surface area contributed by atoms with Crippen molar-refractivity contribution >= 4 is 35.7 Å². The van der Waals surface area contributed by atoms with Crippen LogP contribution in [0.4, 0.5) is 9.18 Å². The lowest BCUT2D eigenvalue weighted by Crippen LogP contribution is -2.52. The third-order valence-corrected chi connectivity index (χ3v) is 4.40. The van der Waals surface area contributed by atoms with Crippen molar-refractivity contribution in [3.63, 3.8) is 0 Å². The van der Waals surface area contributed by atoms with Crippen LogP contribution in [0, 0.1) is 5.82 Å². The van der Waals surface area contributed by atoms with Crippen LogP contribution in [-0.2, 0) is 20.1 Å². The van der Waals surface area contributed by atoms with Gasteiger partial charge in [0.1, 0.15) is 17.9 Å². The first-order chi connectivity index (χ1) is 12.7. The number of carboxylic acid groups (broad SMARTS) is 3. The highest BCUT2D eigenvalue weighted by Crippen LogP contribution is 2.14. The topological polar surface area (TPSA) is 153 Å². The lowest BCUT2D eigenvalue weighted by molar-refractivity contribution is -0.140. The molecule has 0 saturated carbocycles. The van der Waals surface area contributed by atoms with E-state index in [4.69, 9.17) is 10.2 Å². The third-order valence-electron chi connectivity index (χ3n) is 3.30. The Balaban J connectivity index is 2.54.